The maximum atomic E-state index is 6.43. The molecule has 184 valence electrons. The first-order valence-electron chi connectivity index (χ1n) is 11.4. The third kappa shape index (κ3) is 4.61. The minimum Gasteiger partial charge on any atom is -0.493 e. The lowest BCUT2D eigenvalue weighted by molar-refractivity contribution is 0.217. The van der Waals surface area contributed by atoms with Gasteiger partial charge in [-0.1, -0.05) is 59.8 Å². The molecule has 2 heterocycles. The molecule has 9 heteroatoms. The van der Waals surface area contributed by atoms with Crippen molar-refractivity contribution in [1.82, 2.24) is 15.2 Å². The van der Waals surface area contributed by atoms with Crippen LogP contribution >= 0.6 is 11.8 Å². The summed E-state index contributed by atoms with van der Waals surface area (Å²) < 4.78 is 23.2. The zero-order valence-corrected chi connectivity index (χ0v) is 21.3. The molecule has 0 fully saturated rings. The standard InChI is InChI=1S/C27H26N4O4S/c1-16-9-11-17(12-10-16)15-36-27-29-26-22(30-31-27)18-7-5-6-8-20(18)28-25(35-26)19-13-14-21(32-2)24(34-4)23(19)33-3/h5-14,25,28H,15H2,1-4H3/t25-/m0/s1. The molecule has 1 atom stereocenters. The van der Waals surface area contributed by atoms with E-state index in [0.29, 0.717) is 34.0 Å². The van der Waals surface area contributed by atoms with Crippen LogP contribution in [0.25, 0.3) is 11.3 Å². The Labute approximate surface area is 214 Å². The Hall–Kier alpha value is -3.98. The van der Waals surface area contributed by atoms with Crippen LogP contribution in [0.3, 0.4) is 0 Å². The molecule has 4 aromatic rings. The van der Waals surface area contributed by atoms with E-state index >= 15 is 0 Å². The topological polar surface area (TPSA) is 87.6 Å². The van der Waals surface area contributed by atoms with E-state index in [4.69, 9.17) is 23.9 Å². The van der Waals surface area contributed by atoms with Crippen LogP contribution in [-0.2, 0) is 5.75 Å². The first-order chi connectivity index (χ1) is 17.6. The van der Waals surface area contributed by atoms with E-state index < -0.39 is 6.23 Å². The molecular weight excluding hydrogens is 476 g/mol. The van der Waals surface area contributed by atoms with Gasteiger partial charge in [0.25, 0.3) is 0 Å². The van der Waals surface area contributed by atoms with E-state index in [2.05, 4.69) is 46.7 Å². The fourth-order valence-electron chi connectivity index (χ4n) is 4.01. The number of hydrogen-bond donors (Lipinski definition) is 1. The van der Waals surface area contributed by atoms with Gasteiger partial charge in [0, 0.05) is 17.0 Å². The Kier molecular flexibility index (Phi) is 6.81. The molecule has 1 N–H and O–H groups in total. The molecule has 0 radical (unpaired) electrons. The summed E-state index contributed by atoms with van der Waals surface area (Å²) in [5.74, 6) is 2.66. The Balaban J connectivity index is 1.53. The molecule has 8 nitrogen and oxygen atoms in total. The van der Waals surface area contributed by atoms with Crippen molar-refractivity contribution in [3.8, 4) is 34.4 Å². The van der Waals surface area contributed by atoms with E-state index in [1.807, 2.05) is 36.4 Å². The van der Waals surface area contributed by atoms with E-state index in [-0.39, 0.29) is 0 Å². The van der Waals surface area contributed by atoms with Crippen LogP contribution in [0.1, 0.15) is 22.9 Å². The second kappa shape index (κ2) is 10.3. The molecule has 3 aromatic carbocycles. The SMILES string of the molecule is COc1ccc([C@H]2Nc3ccccc3-c3nnc(SCc4ccc(C)cc4)nc3O2)c(OC)c1OC. The molecule has 0 saturated heterocycles. The third-order valence-electron chi connectivity index (χ3n) is 5.84. The molecule has 0 bridgehead atoms. The van der Waals surface area contributed by atoms with Crippen molar-refractivity contribution in [3.05, 3.63) is 77.4 Å². The van der Waals surface area contributed by atoms with Crippen molar-refractivity contribution in [2.45, 2.75) is 24.1 Å². The highest BCUT2D eigenvalue weighted by atomic mass is 32.2. The summed E-state index contributed by atoms with van der Waals surface area (Å²) in [6, 6.07) is 19.9. The number of methoxy groups -OCH3 is 3. The van der Waals surface area contributed by atoms with Crippen LogP contribution in [0.2, 0.25) is 0 Å². The van der Waals surface area contributed by atoms with Crippen LogP contribution < -0.4 is 24.3 Å². The average Bonchev–Trinajstić information content (AvgIpc) is 3.08. The van der Waals surface area contributed by atoms with Crippen LogP contribution in [0.15, 0.2) is 65.8 Å². The first-order valence-corrected chi connectivity index (χ1v) is 12.3. The van der Waals surface area contributed by atoms with Crippen molar-refractivity contribution >= 4 is 17.4 Å². The summed E-state index contributed by atoms with van der Waals surface area (Å²) in [6.45, 7) is 2.07. The highest BCUT2D eigenvalue weighted by molar-refractivity contribution is 7.98. The van der Waals surface area contributed by atoms with Crippen molar-refractivity contribution in [3.63, 3.8) is 0 Å². The minimum atomic E-state index is -0.631. The van der Waals surface area contributed by atoms with Gasteiger partial charge in [-0.05, 0) is 30.7 Å². The maximum absolute atomic E-state index is 6.43. The summed E-state index contributed by atoms with van der Waals surface area (Å²) in [5, 5.41) is 12.9. The van der Waals surface area contributed by atoms with E-state index in [0.717, 1.165) is 22.6 Å². The minimum absolute atomic E-state index is 0.385. The van der Waals surface area contributed by atoms with Gasteiger partial charge >= 0.3 is 0 Å². The highest BCUT2D eigenvalue weighted by Gasteiger charge is 2.30. The molecule has 0 saturated carbocycles. The van der Waals surface area contributed by atoms with Gasteiger partial charge in [0.15, 0.2) is 17.2 Å². The third-order valence-corrected chi connectivity index (χ3v) is 6.75. The molecule has 1 aromatic heterocycles. The van der Waals surface area contributed by atoms with E-state index in [1.54, 1.807) is 21.3 Å². The average molecular weight is 503 g/mol. The molecule has 0 amide bonds. The zero-order valence-electron chi connectivity index (χ0n) is 20.4. The molecule has 0 spiro atoms. The van der Waals surface area contributed by atoms with Gasteiger partial charge in [-0.3, -0.25) is 0 Å². The number of nitrogens with one attached hydrogen (secondary N) is 1. The molecular formula is C27H26N4O4S. The number of ether oxygens (including phenoxy) is 4. The summed E-state index contributed by atoms with van der Waals surface area (Å²) in [7, 11) is 4.75. The quantitative estimate of drug-likeness (QED) is 0.321. The number of para-hydroxylation sites is 1. The number of rotatable bonds is 7. The number of thioether (sulfide) groups is 1. The molecule has 0 unspecified atom stereocenters. The number of nitrogens with zero attached hydrogens (tertiary/aromatic N) is 3. The summed E-state index contributed by atoms with van der Waals surface area (Å²) in [4.78, 5) is 4.74. The second-order valence-corrected chi connectivity index (χ2v) is 9.08. The normalized spacial score (nSPS) is 13.9. The van der Waals surface area contributed by atoms with Crippen molar-refractivity contribution in [2.75, 3.05) is 26.6 Å². The second-order valence-electron chi connectivity index (χ2n) is 8.13. The summed E-state index contributed by atoms with van der Waals surface area (Å²) in [6.07, 6.45) is -0.631. The lowest BCUT2D eigenvalue weighted by Gasteiger charge is -2.23. The molecule has 5 rings (SSSR count). The Morgan fingerprint density at radius 2 is 1.67 bits per heavy atom. The Morgan fingerprint density at radius 3 is 2.42 bits per heavy atom. The maximum Gasteiger partial charge on any atom is 0.247 e. The van der Waals surface area contributed by atoms with Crippen LogP contribution in [0.5, 0.6) is 23.1 Å². The monoisotopic (exact) mass is 502 g/mol. The van der Waals surface area contributed by atoms with Crippen molar-refractivity contribution in [1.29, 1.82) is 0 Å². The predicted octanol–water partition coefficient (Wildman–Crippen LogP) is 5.67. The van der Waals surface area contributed by atoms with Crippen molar-refractivity contribution in [2.24, 2.45) is 0 Å². The van der Waals surface area contributed by atoms with Gasteiger partial charge in [0.05, 0.1) is 26.9 Å². The van der Waals surface area contributed by atoms with Gasteiger partial charge in [0.1, 0.15) is 0 Å². The number of aromatic nitrogens is 3. The van der Waals surface area contributed by atoms with E-state index in [9.17, 15) is 0 Å². The number of aryl methyl sites for hydroxylation is 1. The molecule has 36 heavy (non-hydrogen) atoms. The lowest BCUT2D eigenvalue weighted by atomic mass is 10.1. The smallest absolute Gasteiger partial charge is 0.247 e. The van der Waals surface area contributed by atoms with Crippen LogP contribution in [0, 0.1) is 6.92 Å². The fraction of sp³-hybridized carbons (Fsp3) is 0.222. The molecule has 1 aliphatic heterocycles. The van der Waals surface area contributed by atoms with Gasteiger partial charge in [-0.2, -0.15) is 4.98 Å². The molecule has 0 aliphatic carbocycles. The van der Waals surface area contributed by atoms with Crippen LogP contribution in [0.4, 0.5) is 5.69 Å². The van der Waals surface area contributed by atoms with Gasteiger partial charge < -0.3 is 24.3 Å². The number of fused-ring (bicyclic) bond motifs is 3. The zero-order chi connectivity index (χ0) is 25.1. The van der Waals surface area contributed by atoms with Gasteiger partial charge in [0.2, 0.25) is 23.0 Å². The van der Waals surface area contributed by atoms with E-state index in [1.165, 1.54) is 22.9 Å². The fourth-order valence-corrected chi connectivity index (χ4v) is 4.75. The predicted molar refractivity (Wildman–Crippen MR) is 139 cm³/mol. The lowest BCUT2D eigenvalue weighted by Crippen LogP contribution is -2.18. The number of hydrogen-bond acceptors (Lipinski definition) is 9. The van der Waals surface area contributed by atoms with Gasteiger partial charge in [-0.15, -0.1) is 10.2 Å². The number of benzene rings is 3. The first kappa shape index (κ1) is 23.7. The van der Waals surface area contributed by atoms with Gasteiger partial charge in [-0.25, -0.2) is 0 Å². The summed E-state index contributed by atoms with van der Waals surface area (Å²) in [5.41, 5.74) is 5.40. The highest BCUT2D eigenvalue weighted by Crippen LogP contribution is 2.46. The Morgan fingerprint density at radius 1 is 0.889 bits per heavy atom. The number of anilines is 1. The van der Waals surface area contributed by atoms with Crippen LogP contribution in [-0.4, -0.2) is 36.5 Å². The molecule has 1 aliphatic rings. The summed E-state index contributed by atoms with van der Waals surface area (Å²) >= 11 is 1.51. The van der Waals surface area contributed by atoms with Crippen molar-refractivity contribution < 1.29 is 18.9 Å². The Bertz CT molecular complexity index is 1380. The largest absolute Gasteiger partial charge is 0.493 e.